The second-order valence-electron chi connectivity index (χ2n) is 2.37. The lowest BCUT2D eigenvalue weighted by molar-refractivity contribution is 0.540. The molecule has 0 aromatic rings. The molecule has 0 spiro atoms. The Hall–Kier alpha value is -0.260. The Kier molecular flexibility index (Phi) is 2.13. The van der Waals surface area contributed by atoms with Gasteiger partial charge < -0.3 is 0 Å². The van der Waals surface area contributed by atoms with E-state index in [0.29, 0.717) is 0 Å². The van der Waals surface area contributed by atoms with Crippen LogP contribution in [0.25, 0.3) is 0 Å². The second-order valence-corrected chi connectivity index (χ2v) is 2.37. The highest BCUT2D eigenvalue weighted by atomic mass is 14.1. The maximum absolute atomic E-state index is 2.31. The van der Waals surface area contributed by atoms with Crippen molar-refractivity contribution in [1.29, 1.82) is 0 Å². The molecule has 0 fully saturated rings. The van der Waals surface area contributed by atoms with Crippen LogP contribution in [0.4, 0.5) is 0 Å². The van der Waals surface area contributed by atoms with E-state index in [9.17, 15) is 0 Å². The molecular weight excluding hydrogens is 96.1 g/mol. The van der Waals surface area contributed by atoms with Crippen LogP contribution in [0.2, 0.25) is 0 Å². The Labute approximate surface area is 51.6 Å². The first kappa shape index (κ1) is 5.87. The molecule has 0 aromatic heterocycles. The number of rotatable bonds is 1. The molecule has 0 heterocycles. The van der Waals surface area contributed by atoms with Gasteiger partial charge in [-0.05, 0) is 25.2 Å². The van der Waals surface area contributed by atoms with Crippen molar-refractivity contribution >= 4 is 0 Å². The van der Waals surface area contributed by atoms with Gasteiger partial charge in [0, 0.05) is 0 Å². The predicted molar refractivity (Wildman–Crippen MR) is 36.5 cm³/mol. The third-order valence-electron chi connectivity index (χ3n) is 1.75. The van der Waals surface area contributed by atoms with E-state index >= 15 is 0 Å². The number of hydrogen-bond donors (Lipinski definition) is 0. The van der Waals surface area contributed by atoms with Gasteiger partial charge in [0.1, 0.15) is 0 Å². The van der Waals surface area contributed by atoms with Gasteiger partial charge in [-0.1, -0.05) is 25.5 Å². The molecule has 1 rings (SSSR count). The summed E-state index contributed by atoms with van der Waals surface area (Å²) >= 11 is 0. The zero-order valence-electron chi connectivity index (χ0n) is 5.43. The fourth-order valence-electron chi connectivity index (χ4n) is 1.08. The van der Waals surface area contributed by atoms with Gasteiger partial charge >= 0.3 is 0 Å². The summed E-state index contributed by atoms with van der Waals surface area (Å²) in [6, 6.07) is 0. The minimum atomic E-state index is 0.875. The van der Waals surface area contributed by atoms with Crippen molar-refractivity contribution in [3.05, 3.63) is 18.6 Å². The fourth-order valence-corrected chi connectivity index (χ4v) is 1.08. The molecule has 45 valence electrons. The molecule has 1 unspecified atom stereocenters. The summed E-state index contributed by atoms with van der Waals surface area (Å²) in [5.74, 6) is 0.875. The van der Waals surface area contributed by atoms with E-state index in [1.54, 1.807) is 0 Å². The van der Waals surface area contributed by atoms with Crippen molar-refractivity contribution in [3.63, 3.8) is 0 Å². The first-order valence-electron chi connectivity index (χ1n) is 3.43. The van der Waals surface area contributed by atoms with Crippen LogP contribution in [0.5, 0.6) is 0 Å². The molecule has 1 atom stereocenters. The van der Waals surface area contributed by atoms with Gasteiger partial charge in [-0.15, -0.1) is 0 Å². The smallest absolute Gasteiger partial charge is 0.0139 e. The SMILES string of the molecule is CCC1[CH]C=CCC1. The van der Waals surface area contributed by atoms with Crippen LogP contribution in [0, 0.1) is 12.3 Å². The van der Waals surface area contributed by atoms with Crippen molar-refractivity contribution in [1.82, 2.24) is 0 Å². The van der Waals surface area contributed by atoms with Crippen molar-refractivity contribution in [2.75, 3.05) is 0 Å². The summed E-state index contributed by atoms with van der Waals surface area (Å²) in [6.07, 6.45) is 10.7. The summed E-state index contributed by atoms with van der Waals surface area (Å²) in [7, 11) is 0. The van der Waals surface area contributed by atoms with Gasteiger partial charge in [0.25, 0.3) is 0 Å². The quantitative estimate of drug-likeness (QED) is 0.485. The van der Waals surface area contributed by atoms with Crippen LogP contribution in [0.15, 0.2) is 12.2 Å². The zero-order valence-corrected chi connectivity index (χ0v) is 5.43. The second kappa shape index (κ2) is 2.91. The highest BCUT2D eigenvalue weighted by molar-refractivity contribution is 5.02. The molecule has 1 aliphatic carbocycles. The van der Waals surface area contributed by atoms with Gasteiger partial charge in [-0.25, -0.2) is 0 Å². The van der Waals surface area contributed by atoms with Crippen molar-refractivity contribution in [3.8, 4) is 0 Å². The highest BCUT2D eigenvalue weighted by Gasteiger charge is 2.05. The van der Waals surface area contributed by atoms with E-state index < -0.39 is 0 Å². The van der Waals surface area contributed by atoms with Crippen LogP contribution < -0.4 is 0 Å². The first-order chi connectivity index (χ1) is 3.93. The number of allylic oxidation sites excluding steroid dienone is 2. The largest absolute Gasteiger partial charge is 0.0882 e. The number of hydrogen-bond acceptors (Lipinski definition) is 0. The van der Waals surface area contributed by atoms with Crippen LogP contribution in [0.3, 0.4) is 0 Å². The summed E-state index contributed by atoms with van der Waals surface area (Å²) in [4.78, 5) is 0. The highest BCUT2D eigenvalue weighted by Crippen LogP contribution is 2.19. The van der Waals surface area contributed by atoms with Crippen LogP contribution >= 0.6 is 0 Å². The van der Waals surface area contributed by atoms with E-state index in [0.717, 1.165) is 5.92 Å². The van der Waals surface area contributed by atoms with E-state index in [-0.39, 0.29) is 0 Å². The maximum atomic E-state index is 2.31. The van der Waals surface area contributed by atoms with E-state index in [1.165, 1.54) is 19.3 Å². The molecule has 0 N–H and O–H groups in total. The van der Waals surface area contributed by atoms with Crippen molar-refractivity contribution < 1.29 is 0 Å². The Morgan fingerprint density at radius 3 is 2.88 bits per heavy atom. The van der Waals surface area contributed by atoms with Crippen molar-refractivity contribution in [2.24, 2.45) is 5.92 Å². The first-order valence-corrected chi connectivity index (χ1v) is 3.43. The molecule has 0 amide bonds. The molecule has 0 saturated carbocycles. The molecule has 1 aliphatic rings. The lowest BCUT2D eigenvalue weighted by Gasteiger charge is -2.13. The summed E-state index contributed by atoms with van der Waals surface area (Å²) in [6.45, 7) is 2.25. The standard InChI is InChI=1S/C8H13/c1-2-8-6-4-3-5-7-8/h3-4,6,8H,2,5,7H2,1H3. The predicted octanol–water partition coefficient (Wildman–Crippen LogP) is 2.57. The van der Waals surface area contributed by atoms with Crippen LogP contribution in [0.1, 0.15) is 26.2 Å². The minimum absolute atomic E-state index is 0.875. The van der Waals surface area contributed by atoms with Gasteiger partial charge in [-0.3, -0.25) is 0 Å². The van der Waals surface area contributed by atoms with Crippen LogP contribution in [-0.2, 0) is 0 Å². The molecule has 0 aromatic carbocycles. The van der Waals surface area contributed by atoms with E-state index in [2.05, 4.69) is 25.5 Å². The van der Waals surface area contributed by atoms with Crippen LogP contribution in [-0.4, -0.2) is 0 Å². The molecule has 0 nitrogen and oxygen atoms in total. The fraction of sp³-hybridized carbons (Fsp3) is 0.625. The Morgan fingerprint density at radius 1 is 1.62 bits per heavy atom. The normalized spacial score (nSPS) is 28.4. The molecule has 0 heteroatoms. The molecule has 1 radical (unpaired) electrons. The average Bonchev–Trinajstić information content (AvgIpc) is 1.90. The minimum Gasteiger partial charge on any atom is -0.0882 e. The summed E-state index contributed by atoms with van der Waals surface area (Å²) in [5, 5.41) is 0. The average molecular weight is 109 g/mol. The van der Waals surface area contributed by atoms with Gasteiger partial charge in [-0.2, -0.15) is 0 Å². The molecular formula is C8H13. The lowest BCUT2D eigenvalue weighted by Crippen LogP contribution is -2.00. The molecule has 0 bridgehead atoms. The van der Waals surface area contributed by atoms with E-state index in [1.807, 2.05) is 0 Å². The zero-order chi connectivity index (χ0) is 5.82. The Bertz CT molecular complexity index is 82.0. The summed E-state index contributed by atoms with van der Waals surface area (Å²) in [5.41, 5.74) is 0. The molecule has 0 aliphatic heterocycles. The van der Waals surface area contributed by atoms with Gasteiger partial charge in [0.05, 0.1) is 0 Å². The summed E-state index contributed by atoms with van der Waals surface area (Å²) < 4.78 is 0. The molecule has 8 heavy (non-hydrogen) atoms. The van der Waals surface area contributed by atoms with Gasteiger partial charge in [0.2, 0.25) is 0 Å². The van der Waals surface area contributed by atoms with Gasteiger partial charge in [0.15, 0.2) is 0 Å². The lowest BCUT2D eigenvalue weighted by atomic mass is 9.92. The Morgan fingerprint density at radius 2 is 2.50 bits per heavy atom. The van der Waals surface area contributed by atoms with E-state index in [4.69, 9.17) is 0 Å². The monoisotopic (exact) mass is 109 g/mol. The van der Waals surface area contributed by atoms with Crippen molar-refractivity contribution in [2.45, 2.75) is 26.2 Å². The topological polar surface area (TPSA) is 0 Å². The third-order valence-corrected chi connectivity index (χ3v) is 1.75. The Balaban J connectivity index is 2.27. The maximum Gasteiger partial charge on any atom is -0.0139 e. The third kappa shape index (κ3) is 1.36. The molecule has 0 saturated heterocycles.